The van der Waals surface area contributed by atoms with Gasteiger partial charge in [0, 0.05) is 19.0 Å². The number of hydrogen-bond acceptors (Lipinski definition) is 3. The Balaban J connectivity index is 2.45. The number of aryl methyl sites for hydroxylation is 1. The van der Waals surface area contributed by atoms with E-state index >= 15 is 0 Å². The smallest absolute Gasteiger partial charge is 0.317 e. The summed E-state index contributed by atoms with van der Waals surface area (Å²) in [6.07, 6.45) is 0. The quantitative estimate of drug-likeness (QED) is 0.877. The minimum atomic E-state index is -0.0673. The average Bonchev–Trinajstić information content (AvgIpc) is 2.64. The topological polar surface area (TPSA) is 41.6 Å². The van der Waals surface area contributed by atoms with Crippen LogP contribution in [0.2, 0.25) is 0 Å². The monoisotopic (exact) mass is 256 g/mol. The molecule has 0 radical (unpaired) electrons. The highest BCUT2D eigenvalue weighted by Gasteiger charge is 2.13. The van der Waals surface area contributed by atoms with E-state index < -0.39 is 0 Å². The molecule has 0 fully saturated rings. The second kappa shape index (κ2) is 6.61. The van der Waals surface area contributed by atoms with Crippen LogP contribution in [-0.2, 0) is 11.3 Å². The number of nitrogens with zero attached hydrogens (tertiary/aromatic N) is 1. The number of hydrogen-bond donors (Lipinski definition) is 1. The van der Waals surface area contributed by atoms with Gasteiger partial charge in [-0.25, -0.2) is 4.79 Å². The second-order valence-electron chi connectivity index (χ2n) is 4.19. The third-order valence-corrected chi connectivity index (χ3v) is 3.49. The van der Waals surface area contributed by atoms with Crippen LogP contribution in [0.5, 0.6) is 0 Å². The van der Waals surface area contributed by atoms with Gasteiger partial charge in [0.25, 0.3) is 0 Å². The first kappa shape index (κ1) is 14.0. The zero-order valence-electron chi connectivity index (χ0n) is 10.8. The predicted octanol–water partition coefficient (Wildman–Crippen LogP) is 2.23. The van der Waals surface area contributed by atoms with Crippen LogP contribution in [0.4, 0.5) is 4.79 Å². The van der Waals surface area contributed by atoms with Crippen molar-refractivity contribution in [2.24, 2.45) is 0 Å². The van der Waals surface area contributed by atoms with Gasteiger partial charge in [-0.05, 0) is 30.9 Å². The number of rotatable bonds is 5. The SMILES string of the molecule is COCC(C)NC(=O)N(C)Cc1sccc1C. The highest BCUT2D eigenvalue weighted by molar-refractivity contribution is 7.10. The molecule has 0 aromatic carbocycles. The van der Waals surface area contributed by atoms with Gasteiger partial charge in [0.2, 0.25) is 0 Å². The molecule has 2 amide bonds. The maximum atomic E-state index is 11.8. The van der Waals surface area contributed by atoms with Gasteiger partial charge in [0.05, 0.1) is 19.2 Å². The third-order valence-electron chi connectivity index (χ3n) is 2.48. The summed E-state index contributed by atoms with van der Waals surface area (Å²) in [6.45, 7) is 5.16. The van der Waals surface area contributed by atoms with Crippen LogP contribution in [0.25, 0.3) is 0 Å². The Kier molecular flexibility index (Phi) is 5.44. The fourth-order valence-electron chi connectivity index (χ4n) is 1.47. The Hall–Kier alpha value is -1.07. The molecule has 0 bridgehead atoms. The molecule has 0 aliphatic rings. The number of methoxy groups -OCH3 is 1. The fourth-order valence-corrected chi connectivity index (χ4v) is 2.42. The Morgan fingerprint density at radius 3 is 2.88 bits per heavy atom. The molecule has 0 aliphatic heterocycles. The van der Waals surface area contributed by atoms with Crippen molar-refractivity contribution in [1.29, 1.82) is 0 Å². The van der Waals surface area contributed by atoms with E-state index in [-0.39, 0.29) is 12.1 Å². The van der Waals surface area contributed by atoms with Gasteiger partial charge >= 0.3 is 6.03 Å². The van der Waals surface area contributed by atoms with E-state index in [1.165, 1.54) is 10.4 Å². The van der Waals surface area contributed by atoms with Gasteiger partial charge in [-0.15, -0.1) is 11.3 Å². The maximum absolute atomic E-state index is 11.8. The summed E-state index contributed by atoms with van der Waals surface area (Å²) >= 11 is 1.68. The first-order chi connectivity index (χ1) is 8.04. The summed E-state index contributed by atoms with van der Waals surface area (Å²) < 4.78 is 4.98. The molecule has 1 heterocycles. The number of thiophene rings is 1. The molecule has 1 N–H and O–H groups in total. The summed E-state index contributed by atoms with van der Waals surface area (Å²) in [4.78, 5) is 14.7. The van der Waals surface area contributed by atoms with E-state index in [2.05, 4.69) is 18.3 Å². The van der Waals surface area contributed by atoms with Crippen molar-refractivity contribution in [2.45, 2.75) is 26.4 Å². The first-order valence-electron chi connectivity index (χ1n) is 5.58. The lowest BCUT2D eigenvalue weighted by atomic mass is 10.3. The Labute approximate surface area is 107 Å². The molecule has 1 aromatic rings. The van der Waals surface area contributed by atoms with Crippen LogP contribution in [0.3, 0.4) is 0 Å². The summed E-state index contributed by atoms with van der Waals surface area (Å²) in [6, 6.07) is 2.03. The Morgan fingerprint density at radius 1 is 1.65 bits per heavy atom. The van der Waals surface area contributed by atoms with Crippen LogP contribution in [-0.4, -0.2) is 37.7 Å². The van der Waals surface area contributed by atoms with E-state index in [1.54, 1.807) is 30.4 Å². The van der Waals surface area contributed by atoms with Crippen LogP contribution in [0.15, 0.2) is 11.4 Å². The van der Waals surface area contributed by atoms with Crippen molar-refractivity contribution in [2.75, 3.05) is 20.8 Å². The summed E-state index contributed by atoms with van der Waals surface area (Å²) in [5.41, 5.74) is 1.24. The van der Waals surface area contributed by atoms with E-state index in [9.17, 15) is 4.79 Å². The number of carbonyl (C=O) groups is 1. The molecule has 1 atom stereocenters. The standard InChI is InChI=1S/C12H20N2O2S/c1-9-5-6-17-11(9)7-14(3)12(15)13-10(2)8-16-4/h5-6,10H,7-8H2,1-4H3,(H,13,15). The number of urea groups is 1. The van der Waals surface area contributed by atoms with Gasteiger partial charge < -0.3 is 15.0 Å². The maximum Gasteiger partial charge on any atom is 0.317 e. The molecule has 0 spiro atoms. The van der Waals surface area contributed by atoms with Crippen molar-refractivity contribution < 1.29 is 9.53 Å². The fraction of sp³-hybridized carbons (Fsp3) is 0.583. The molecule has 17 heavy (non-hydrogen) atoms. The molecule has 5 heteroatoms. The number of nitrogens with one attached hydrogen (secondary N) is 1. The molecule has 4 nitrogen and oxygen atoms in total. The minimum absolute atomic E-state index is 0.0272. The molecule has 0 saturated heterocycles. The van der Waals surface area contributed by atoms with Gasteiger partial charge in [-0.3, -0.25) is 0 Å². The lowest BCUT2D eigenvalue weighted by Crippen LogP contribution is -2.43. The molecule has 1 aromatic heterocycles. The van der Waals surface area contributed by atoms with Crippen LogP contribution in [0, 0.1) is 6.92 Å². The number of carbonyl (C=O) groups excluding carboxylic acids is 1. The lowest BCUT2D eigenvalue weighted by Gasteiger charge is -2.20. The van der Waals surface area contributed by atoms with E-state index in [4.69, 9.17) is 4.74 Å². The van der Waals surface area contributed by atoms with Crippen LogP contribution < -0.4 is 5.32 Å². The first-order valence-corrected chi connectivity index (χ1v) is 6.46. The van der Waals surface area contributed by atoms with Gasteiger partial charge in [0.15, 0.2) is 0 Å². The highest BCUT2D eigenvalue weighted by Crippen LogP contribution is 2.17. The molecule has 1 rings (SSSR count). The summed E-state index contributed by atoms with van der Waals surface area (Å²) in [5.74, 6) is 0. The predicted molar refractivity (Wildman–Crippen MR) is 70.4 cm³/mol. The summed E-state index contributed by atoms with van der Waals surface area (Å²) in [5, 5.41) is 4.92. The van der Waals surface area contributed by atoms with Gasteiger partial charge in [-0.1, -0.05) is 0 Å². The van der Waals surface area contributed by atoms with Gasteiger partial charge in [-0.2, -0.15) is 0 Å². The molecular formula is C12H20N2O2S. The van der Waals surface area contributed by atoms with Crippen molar-refractivity contribution >= 4 is 17.4 Å². The normalized spacial score (nSPS) is 12.2. The molecule has 96 valence electrons. The Morgan fingerprint density at radius 2 is 2.35 bits per heavy atom. The lowest BCUT2D eigenvalue weighted by molar-refractivity contribution is 0.162. The van der Waals surface area contributed by atoms with Crippen molar-refractivity contribution in [1.82, 2.24) is 10.2 Å². The van der Waals surface area contributed by atoms with Crippen LogP contribution >= 0.6 is 11.3 Å². The number of amides is 2. The van der Waals surface area contributed by atoms with Crippen molar-refractivity contribution in [3.05, 3.63) is 21.9 Å². The van der Waals surface area contributed by atoms with Crippen molar-refractivity contribution in [3.8, 4) is 0 Å². The molecular weight excluding hydrogens is 236 g/mol. The molecule has 0 saturated carbocycles. The van der Waals surface area contributed by atoms with E-state index in [1.807, 2.05) is 12.3 Å². The van der Waals surface area contributed by atoms with Crippen molar-refractivity contribution in [3.63, 3.8) is 0 Å². The second-order valence-corrected chi connectivity index (χ2v) is 5.19. The highest BCUT2D eigenvalue weighted by atomic mass is 32.1. The third kappa shape index (κ3) is 4.36. The number of ether oxygens (including phenoxy) is 1. The van der Waals surface area contributed by atoms with E-state index in [0.29, 0.717) is 13.2 Å². The summed E-state index contributed by atoms with van der Waals surface area (Å²) in [7, 11) is 3.43. The van der Waals surface area contributed by atoms with Gasteiger partial charge in [0.1, 0.15) is 0 Å². The zero-order chi connectivity index (χ0) is 12.8. The van der Waals surface area contributed by atoms with Crippen LogP contribution in [0.1, 0.15) is 17.4 Å². The average molecular weight is 256 g/mol. The molecule has 0 aliphatic carbocycles. The van der Waals surface area contributed by atoms with E-state index in [0.717, 1.165) is 0 Å². The molecule has 1 unspecified atom stereocenters. The largest absolute Gasteiger partial charge is 0.383 e. The Bertz CT molecular complexity index is 365. The minimum Gasteiger partial charge on any atom is -0.383 e. The zero-order valence-corrected chi connectivity index (χ0v) is 11.6.